The molecule has 0 saturated heterocycles. The number of aryl methyl sites for hydroxylation is 2. The molecule has 158 valence electrons. The summed E-state index contributed by atoms with van der Waals surface area (Å²) in [4.78, 5) is 16.8. The fraction of sp³-hybridized carbons (Fsp3) is 0.174. The van der Waals surface area contributed by atoms with Crippen molar-refractivity contribution in [2.24, 2.45) is 0 Å². The second kappa shape index (κ2) is 8.22. The Labute approximate surface area is 176 Å². The molecular weight excluding hydrogens is 405 g/mol. The molecule has 0 aliphatic rings. The highest BCUT2D eigenvalue weighted by Crippen LogP contribution is 2.23. The molecule has 0 spiro atoms. The summed E-state index contributed by atoms with van der Waals surface area (Å²) in [6, 6.07) is 10.8. The number of hydrogen-bond donors (Lipinski definition) is 1. The standard InChI is InChI=1S/C23H19F3N4O/c1-13-18(7-9-23(31)28-21-11-17(25)6-8-19(21)26)14(2)30-22(27-13)12-20(29-30)15-4-3-5-16(24)10-15/h3-6,8,10-12H,7,9H2,1-2H3,(H,28,31). The van der Waals surface area contributed by atoms with Gasteiger partial charge in [0.2, 0.25) is 5.91 Å². The van der Waals surface area contributed by atoms with Crippen LogP contribution in [0.4, 0.5) is 18.9 Å². The van der Waals surface area contributed by atoms with E-state index >= 15 is 0 Å². The van der Waals surface area contributed by atoms with Crippen LogP contribution in [0.5, 0.6) is 0 Å². The molecule has 0 aliphatic heterocycles. The molecular formula is C23H19F3N4O. The summed E-state index contributed by atoms with van der Waals surface area (Å²) in [5.74, 6) is -2.13. The van der Waals surface area contributed by atoms with Gasteiger partial charge in [-0.3, -0.25) is 4.79 Å². The van der Waals surface area contributed by atoms with Crippen LogP contribution in [-0.4, -0.2) is 20.5 Å². The predicted molar refractivity (Wildman–Crippen MR) is 111 cm³/mol. The summed E-state index contributed by atoms with van der Waals surface area (Å²) in [7, 11) is 0. The number of fused-ring (bicyclic) bond motifs is 1. The molecule has 2 heterocycles. The van der Waals surface area contributed by atoms with E-state index in [4.69, 9.17) is 0 Å². The number of amides is 1. The van der Waals surface area contributed by atoms with E-state index in [1.54, 1.807) is 22.7 Å². The predicted octanol–water partition coefficient (Wildman–Crippen LogP) is 5.00. The lowest BCUT2D eigenvalue weighted by molar-refractivity contribution is -0.116. The second-order valence-corrected chi connectivity index (χ2v) is 7.24. The molecule has 2 aromatic heterocycles. The highest BCUT2D eigenvalue weighted by Gasteiger charge is 2.15. The van der Waals surface area contributed by atoms with E-state index in [-0.39, 0.29) is 17.9 Å². The van der Waals surface area contributed by atoms with Crippen LogP contribution in [-0.2, 0) is 11.2 Å². The van der Waals surface area contributed by atoms with E-state index in [1.807, 2.05) is 13.8 Å². The molecule has 2 aromatic carbocycles. The van der Waals surface area contributed by atoms with Gasteiger partial charge in [-0.15, -0.1) is 0 Å². The zero-order valence-electron chi connectivity index (χ0n) is 16.9. The van der Waals surface area contributed by atoms with Crippen LogP contribution >= 0.6 is 0 Å². The van der Waals surface area contributed by atoms with Gasteiger partial charge in [-0.05, 0) is 50.1 Å². The van der Waals surface area contributed by atoms with Crippen molar-refractivity contribution in [2.45, 2.75) is 26.7 Å². The van der Waals surface area contributed by atoms with Gasteiger partial charge >= 0.3 is 0 Å². The maximum Gasteiger partial charge on any atom is 0.224 e. The molecule has 1 amide bonds. The summed E-state index contributed by atoms with van der Waals surface area (Å²) >= 11 is 0. The molecule has 0 unspecified atom stereocenters. The maximum atomic E-state index is 13.7. The van der Waals surface area contributed by atoms with Crippen molar-refractivity contribution >= 4 is 17.2 Å². The molecule has 0 saturated carbocycles. The van der Waals surface area contributed by atoms with Crippen molar-refractivity contribution in [1.82, 2.24) is 14.6 Å². The Bertz CT molecular complexity index is 1300. The Hall–Kier alpha value is -3.68. The number of aromatic nitrogens is 3. The fourth-order valence-electron chi connectivity index (χ4n) is 3.52. The molecule has 0 atom stereocenters. The Kier molecular flexibility index (Phi) is 5.46. The van der Waals surface area contributed by atoms with Crippen molar-refractivity contribution in [2.75, 3.05) is 5.32 Å². The van der Waals surface area contributed by atoms with E-state index in [0.29, 0.717) is 23.3 Å². The SMILES string of the molecule is Cc1nc2cc(-c3cccc(F)c3)nn2c(C)c1CCC(=O)Nc1cc(F)ccc1F. The van der Waals surface area contributed by atoms with Crippen LogP contribution in [0.3, 0.4) is 0 Å². The van der Waals surface area contributed by atoms with Crippen LogP contribution in [0.15, 0.2) is 48.5 Å². The topological polar surface area (TPSA) is 59.3 Å². The third kappa shape index (κ3) is 4.28. The Morgan fingerprint density at radius 2 is 1.81 bits per heavy atom. The third-order valence-electron chi connectivity index (χ3n) is 5.09. The Morgan fingerprint density at radius 1 is 1.03 bits per heavy atom. The van der Waals surface area contributed by atoms with Crippen LogP contribution in [0.2, 0.25) is 0 Å². The normalized spacial score (nSPS) is 11.1. The quantitative estimate of drug-likeness (QED) is 0.490. The lowest BCUT2D eigenvalue weighted by atomic mass is 10.1. The van der Waals surface area contributed by atoms with Crippen molar-refractivity contribution in [3.05, 3.63) is 82.9 Å². The number of halogens is 3. The molecule has 31 heavy (non-hydrogen) atoms. The van der Waals surface area contributed by atoms with Crippen molar-refractivity contribution in [1.29, 1.82) is 0 Å². The highest BCUT2D eigenvalue weighted by molar-refractivity contribution is 5.91. The Morgan fingerprint density at radius 3 is 2.58 bits per heavy atom. The first kappa shape index (κ1) is 20.6. The third-order valence-corrected chi connectivity index (χ3v) is 5.09. The Balaban J connectivity index is 1.56. The van der Waals surface area contributed by atoms with Gasteiger partial charge in [-0.25, -0.2) is 22.7 Å². The van der Waals surface area contributed by atoms with Gasteiger partial charge in [-0.2, -0.15) is 5.10 Å². The van der Waals surface area contributed by atoms with Gasteiger partial charge in [0.05, 0.1) is 11.4 Å². The van der Waals surface area contributed by atoms with Gasteiger partial charge < -0.3 is 5.32 Å². The van der Waals surface area contributed by atoms with Crippen molar-refractivity contribution in [3.63, 3.8) is 0 Å². The van der Waals surface area contributed by atoms with Crippen molar-refractivity contribution < 1.29 is 18.0 Å². The summed E-state index contributed by atoms with van der Waals surface area (Å²) in [6.07, 6.45) is 0.404. The highest BCUT2D eigenvalue weighted by atomic mass is 19.1. The van der Waals surface area contributed by atoms with Crippen LogP contribution in [0, 0.1) is 31.3 Å². The number of rotatable bonds is 5. The van der Waals surface area contributed by atoms with Crippen LogP contribution in [0.1, 0.15) is 23.4 Å². The number of hydrogen-bond acceptors (Lipinski definition) is 3. The first-order valence-electron chi connectivity index (χ1n) is 9.68. The van der Waals surface area contributed by atoms with Gasteiger partial charge in [-0.1, -0.05) is 12.1 Å². The van der Waals surface area contributed by atoms with Gasteiger partial charge in [0.25, 0.3) is 0 Å². The number of carbonyl (C=O) groups excluding carboxylic acids is 1. The van der Waals surface area contributed by atoms with E-state index in [0.717, 1.165) is 35.2 Å². The lowest BCUT2D eigenvalue weighted by Crippen LogP contribution is -2.15. The molecule has 8 heteroatoms. The van der Waals surface area contributed by atoms with Crippen LogP contribution < -0.4 is 5.32 Å². The molecule has 4 aromatic rings. The van der Waals surface area contributed by atoms with E-state index < -0.39 is 17.5 Å². The number of benzene rings is 2. The average molecular weight is 424 g/mol. The maximum absolute atomic E-state index is 13.7. The van der Waals surface area contributed by atoms with Gasteiger partial charge in [0, 0.05) is 35.5 Å². The molecule has 0 fully saturated rings. The minimum Gasteiger partial charge on any atom is -0.324 e. The molecule has 0 radical (unpaired) electrons. The largest absolute Gasteiger partial charge is 0.324 e. The summed E-state index contributed by atoms with van der Waals surface area (Å²) < 4.78 is 42.3. The lowest BCUT2D eigenvalue weighted by Gasteiger charge is -2.11. The van der Waals surface area contributed by atoms with E-state index in [9.17, 15) is 18.0 Å². The zero-order valence-corrected chi connectivity index (χ0v) is 16.9. The first-order chi connectivity index (χ1) is 14.8. The molecule has 5 nitrogen and oxygen atoms in total. The number of nitrogens with one attached hydrogen (secondary N) is 1. The fourth-order valence-corrected chi connectivity index (χ4v) is 3.52. The van der Waals surface area contributed by atoms with Gasteiger partial charge in [0.1, 0.15) is 17.5 Å². The average Bonchev–Trinajstić information content (AvgIpc) is 3.15. The zero-order chi connectivity index (χ0) is 22.1. The minimum absolute atomic E-state index is 0.0584. The summed E-state index contributed by atoms with van der Waals surface area (Å²) in [5.41, 5.74) is 4.02. The number of nitrogens with zero attached hydrogens (tertiary/aromatic N) is 3. The van der Waals surface area contributed by atoms with Crippen LogP contribution in [0.25, 0.3) is 16.9 Å². The smallest absolute Gasteiger partial charge is 0.224 e. The second-order valence-electron chi connectivity index (χ2n) is 7.24. The number of carbonyl (C=O) groups is 1. The summed E-state index contributed by atoms with van der Waals surface area (Å²) in [6.45, 7) is 3.70. The van der Waals surface area contributed by atoms with E-state index in [1.165, 1.54) is 12.1 Å². The number of anilines is 1. The first-order valence-corrected chi connectivity index (χ1v) is 9.68. The summed E-state index contributed by atoms with van der Waals surface area (Å²) in [5, 5.41) is 6.93. The van der Waals surface area contributed by atoms with E-state index in [2.05, 4.69) is 15.4 Å². The van der Waals surface area contributed by atoms with Gasteiger partial charge in [0.15, 0.2) is 5.65 Å². The minimum atomic E-state index is -0.702. The molecule has 4 rings (SSSR count). The molecule has 1 N–H and O–H groups in total. The molecule has 0 aliphatic carbocycles. The monoisotopic (exact) mass is 424 g/mol. The molecule has 0 bridgehead atoms. The van der Waals surface area contributed by atoms with Crippen molar-refractivity contribution in [3.8, 4) is 11.3 Å².